The monoisotopic (exact) mass is 156 g/mol. The van der Waals surface area contributed by atoms with Crippen LogP contribution >= 0.6 is 0 Å². The molecule has 0 radical (unpaired) electrons. The lowest BCUT2D eigenvalue weighted by Gasteiger charge is -2.33. The highest BCUT2D eigenvalue weighted by Crippen LogP contribution is 2.02. The van der Waals surface area contributed by atoms with Crippen LogP contribution in [0.1, 0.15) is 13.8 Å². The molecule has 0 unspecified atom stereocenters. The summed E-state index contributed by atoms with van der Waals surface area (Å²) >= 11 is 0. The molecular weight excluding hydrogens is 136 g/mol. The highest BCUT2D eigenvalue weighted by atomic mass is 15.2. The molecule has 0 aromatic carbocycles. The predicted octanol–water partition coefficient (Wildman–Crippen LogP) is 0.890. The number of likely N-dealkylation sites (N-methyl/N-ethyl adjacent to an activating group) is 1. The van der Waals surface area contributed by atoms with Crippen molar-refractivity contribution < 1.29 is 0 Å². The largest absolute Gasteiger partial charge is 0.304 e. The van der Waals surface area contributed by atoms with E-state index in [9.17, 15) is 0 Å². The summed E-state index contributed by atoms with van der Waals surface area (Å²) in [6.07, 6.45) is 0. The van der Waals surface area contributed by atoms with Crippen LogP contribution < -0.4 is 0 Å². The summed E-state index contributed by atoms with van der Waals surface area (Å²) in [4.78, 5) is 4.96. The van der Waals surface area contributed by atoms with Crippen molar-refractivity contribution in [3.05, 3.63) is 0 Å². The van der Waals surface area contributed by atoms with Gasteiger partial charge in [-0.2, -0.15) is 0 Å². The van der Waals surface area contributed by atoms with Gasteiger partial charge in [-0.25, -0.2) is 0 Å². The lowest BCUT2D eigenvalue weighted by atomic mass is 10.2. The summed E-state index contributed by atoms with van der Waals surface area (Å²) in [5.74, 6) is 0.818. The Labute approximate surface area is 70.2 Å². The summed E-state index contributed by atoms with van der Waals surface area (Å²) < 4.78 is 0. The maximum Gasteiger partial charge on any atom is 0.0110 e. The molecule has 2 heteroatoms. The van der Waals surface area contributed by atoms with Gasteiger partial charge in [-0.05, 0) is 13.0 Å². The average Bonchev–Trinajstić information content (AvgIpc) is 1.93. The SMILES string of the molecule is CC(C)CN1CCN(C)CC1. The van der Waals surface area contributed by atoms with Gasteiger partial charge in [0.15, 0.2) is 0 Å². The molecule has 0 bridgehead atoms. The Morgan fingerprint density at radius 3 is 2.09 bits per heavy atom. The maximum atomic E-state index is 2.56. The van der Waals surface area contributed by atoms with E-state index in [0.29, 0.717) is 0 Å². The minimum atomic E-state index is 0.818. The Balaban J connectivity index is 2.17. The molecule has 0 N–H and O–H groups in total. The second-order valence-electron chi connectivity index (χ2n) is 4.00. The first-order valence-corrected chi connectivity index (χ1v) is 4.59. The van der Waals surface area contributed by atoms with Gasteiger partial charge in [-0.1, -0.05) is 13.8 Å². The minimum absolute atomic E-state index is 0.818. The van der Waals surface area contributed by atoms with Gasteiger partial charge in [0.25, 0.3) is 0 Å². The third-order valence-corrected chi connectivity index (χ3v) is 2.22. The Kier molecular flexibility index (Phi) is 3.34. The van der Waals surface area contributed by atoms with Gasteiger partial charge in [0.05, 0.1) is 0 Å². The quantitative estimate of drug-likeness (QED) is 0.586. The molecule has 66 valence electrons. The summed E-state index contributed by atoms with van der Waals surface area (Å²) in [6, 6.07) is 0. The topological polar surface area (TPSA) is 6.48 Å². The zero-order valence-corrected chi connectivity index (χ0v) is 8.01. The van der Waals surface area contributed by atoms with Crippen LogP contribution in [-0.4, -0.2) is 49.6 Å². The summed E-state index contributed by atoms with van der Waals surface area (Å²) in [7, 11) is 2.20. The predicted molar refractivity (Wildman–Crippen MR) is 48.8 cm³/mol. The first kappa shape index (κ1) is 9.01. The molecule has 1 aliphatic rings. The summed E-state index contributed by atoms with van der Waals surface area (Å²) in [5, 5.41) is 0. The van der Waals surface area contributed by atoms with Crippen LogP contribution in [0.3, 0.4) is 0 Å². The molecule has 1 rings (SSSR count). The third-order valence-electron chi connectivity index (χ3n) is 2.22. The maximum absolute atomic E-state index is 2.56. The number of piperazine rings is 1. The minimum Gasteiger partial charge on any atom is -0.304 e. The molecule has 0 aliphatic carbocycles. The van der Waals surface area contributed by atoms with Gasteiger partial charge >= 0.3 is 0 Å². The van der Waals surface area contributed by atoms with Crippen LogP contribution in [0.2, 0.25) is 0 Å². The molecule has 1 heterocycles. The normalized spacial score (nSPS) is 22.9. The van der Waals surface area contributed by atoms with E-state index in [1.807, 2.05) is 0 Å². The van der Waals surface area contributed by atoms with E-state index in [-0.39, 0.29) is 0 Å². The smallest absolute Gasteiger partial charge is 0.0110 e. The standard InChI is InChI=1S/C9H20N2/c1-9(2)8-11-6-4-10(3)5-7-11/h9H,4-8H2,1-3H3. The van der Waals surface area contributed by atoms with Crippen molar-refractivity contribution in [2.75, 3.05) is 39.8 Å². The van der Waals surface area contributed by atoms with Crippen LogP contribution in [0.5, 0.6) is 0 Å². The lowest BCUT2D eigenvalue weighted by Crippen LogP contribution is -2.45. The van der Waals surface area contributed by atoms with E-state index in [1.54, 1.807) is 0 Å². The number of hydrogen-bond donors (Lipinski definition) is 0. The van der Waals surface area contributed by atoms with Gasteiger partial charge in [-0.3, -0.25) is 0 Å². The van der Waals surface area contributed by atoms with Crippen LogP contribution in [0.4, 0.5) is 0 Å². The molecule has 1 saturated heterocycles. The molecule has 0 saturated carbocycles. The second-order valence-corrected chi connectivity index (χ2v) is 4.00. The summed E-state index contributed by atoms with van der Waals surface area (Å²) in [5.41, 5.74) is 0. The Morgan fingerprint density at radius 1 is 1.09 bits per heavy atom. The van der Waals surface area contributed by atoms with Crippen molar-refractivity contribution in [3.63, 3.8) is 0 Å². The van der Waals surface area contributed by atoms with E-state index in [1.165, 1.54) is 32.7 Å². The van der Waals surface area contributed by atoms with Gasteiger partial charge in [-0.15, -0.1) is 0 Å². The molecule has 0 spiro atoms. The van der Waals surface area contributed by atoms with E-state index in [4.69, 9.17) is 0 Å². The van der Waals surface area contributed by atoms with Gasteiger partial charge in [0.1, 0.15) is 0 Å². The Morgan fingerprint density at radius 2 is 1.64 bits per heavy atom. The van der Waals surface area contributed by atoms with E-state index < -0.39 is 0 Å². The Hall–Kier alpha value is -0.0800. The van der Waals surface area contributed by atoms with Crippen LogP contribution in [0.15, 0.2) is 0 Å². The van der Waals surface area contributed by atoms with Gasteiger partial charge in [0.2, 0.25) is 0 Å². The van der Waals surface area contributed by atoms with Crippen molar-refractivity contribution in [2.24, 2.45) is 5.92 Å². The van der Waals surface area contributed by atoms with Crippen molar-refractivity contribution in [1.29, 1.82) is 0 Å². The lowest BCUT2D eigenvalue weighted by molar-refractivity contribution is 0.141. The van der Waals surface area contributed by atoms with Crippen LogP contribution in [0.25, 0.3) is 0 Å². The van der Waals surface area contributed by atoms with Gasteiger partial charge < -0.3 is 9.80 Å². The first-order valence-electron chi connectivity index (χ1n) is 4.59. The van der Waals surface area contributed by atoms with Crippen molar-refractivity contribution in [2.45, 2.75) is 13.8 Å². The second kappa shape index (κ2) is 4.07. The van der Waals surface area contributed by atoms with E-state index >= 15 is 0 Å². The average molecular weight is 156 g/mol. The third kappa shape index (κ3) is 3.21. The molecule has 0 aromatic rings. The molecular formula is C9H20N2. The molecule has 2 nitrogen and oxygen atoms in total. The molecule has 1 aliphatic heterocycles. The van der Waals surface area contributed by atoms with Gasteiger partial charge in [0, 0.05) is 32.7 Å². The highest BCUT2D eigenvalue weighted by Gasteiger charge is 2.13. The molecule has 11 heavy (non-hydrogen) atoms. The van der Waals surface area contributed by atoms with Crippen LogP contribution in [-0.2, 0) is 0 Å². The number of nitrogens with zero attached hydrogens (tertiary/aromatic N) is 2. The van der Waals surface area contributed by atoms with Crippen molar-refractivity contribution in [1.82, 2.24) is 9.80 Å². The summed E-state index contributed by atoms with van der Waals surface area (Å²) in [6.45, 7) is 10.9. The number of hydrogen-bond acceptors (Lipinski definition) is 2. The molecule has 0 aromatic heterocycles. The van der Waals surface area contributed by atoms with Crippen LogP contribution in [0, 0.1) is 5.92 Å². The van der Waals surface area contributed by atoms with E-state index in [2.05, 4.69) is 30.7 Å². The highest BCUT2D eigenvalue weighted by molar-refractivity contribution is 4.69. The molecule has 1 fully saturated rings. The van der Waals surface area contributed by atoms with Crippen molar-refractivity contribution >= 4 is 0 Å². The Bertz CT molecular complexity index is 104. The number of rotatable bonds is 2. The fourth-order valence-corrected chi connectivity index (χ4v) is 1.55. The fraction of sp³-hybridized carbons (Fsp3) is 1.00. The molecule has 0 atom stereocenters. The van der Waals surface area contributed by atoms with E-state index in [0.717, 1.165) is 5.92 Å². The first-order chi connectivity index (χ1) is 5.18. The zero-order chi connectivity index (χ0) is 8.27. The molecule has 0 amide bonds. The fourth-order valence-electron chi connectivity index (χ4n) is 1.55. The van der Waals surface area contributed by atoms with Crippen molar-refractivity contribution in [3.8, 4) is 0 Å². The zero-order valence-electron chi connectivity index (χ0n) is 8.01.